The Morgan fingerprint density at radius 1 is 1.53 bits per heavy atom. The molecule has 0 aromatic heterocycles. The summed E-state index contributed by atoms with van der Waals surface area (Å²) in [4.78, 5) is 0. The minimum atomic E-state index is -3.66. The summed E-state index contributed by atoms with van der Waals surface area (Å²) in [6.07, 6.45) is 0.250. The van der Waals surface area contributed by atoms with Gasteiger partial charge in [0.05, 0.1) is 6.07 Å². The van der Waals surface area contributed by atoms with Gasteiger partial charge >= 0.3 is 0 Å². The lowest BCUT2D eigenvalue weighted by atomic mass is 10.2. The van der Waals surface area contributed by atoms with E-state index in [2.05, 4.69) is 4.72 Å². The van der Waals surface area contributed by atoms with Crippen molar-refractivity contribution in [2.75, 3.05) is 10.5 Å². The molecule has 1 rings (SSSR count). The largest absolute Gasteiger partial charge is 0.399 e. The number of nitrogen functional groups attached to an aromatic ring is 1. The smallest absolute Gasteiger partial charge is 0.249 e. The molecule has 0 aliphatic heterocycles. The van der Waals surface area contributed by atoms with Gasteiger partial charge in [-0.2, -0.15) is 5.26 Å². The Hall–Kier alpha value is -1.74. The maximum absolute atomic E-state index is 11.8. The Balaban J connectivity index is 2.99. The fourth-order valence-corrected chi connectivity index (χ4v) is 2.53. The SMILES string of the molecule is CCC(C#N)S(=O)(=O)Nc1ccc(N)c(C)c1. The second-order valence-electron chi connectivity index (χ2n) is 3.74. The number of nitrogens with two attached hydrogens (primary N) is 1. The number of rotatable bonds is 4. The molecule has 0 heterocycles. The second-order valence-corrected chi connectivity index (χ2v) is 5.61. The van der Waals surface area contributed by atoms with Crippen molar-refractivity contribution in [3.63, 3.8) is 0 Å². The van der Waals surface area contributed by atoms with Crippen LogP contribution in [-0.4, -0.2) is 13.7 Å². The molecule has 0 saturated carbocycles. The van der Waals surface area contributed by atoms with E-state index in [1.54, 1.807) is 38.1 Å². The number of anilines is 2. The summed E-state index contributed by atoms with van der Waals surface area (Å²) >= 11 is 0. The van der Waals surface area contributed by atoms with Crippen LogP contribution in [0.25, 0.3) is 0 Å². The van der Waals surface area contributed by atoms with Gasteiger partial charge in [0.1, 0.15) is 0 Å². The van der Waals surface area contributed by atoms with Crippen LogP contribution in [0.1, 0.15) is 18.9 Å². The van der Waals surface area contributed by atoms with Crippen molar-refractivity contribution in [3.8, 4) is 6.07 Å². The van der Waals surface area contributed by atoms with Gasteiger partial charge in [-0.05, 0) is 37.1 Å². The summed E-state index contributed by atoms with van der Waals surface area (Å²) in [5.41, 5.74) is 7.44. The van der Waals surface area contributed by atoms with Crippen LogP contribution >= 0.6 is 0 Å². The predicted octanol–water partition coefficient (Wildman–Crippen LogP) is 1.62. The van der Waals surface area contributed by atoms with Crippen molar-refractivity contribution in [1.82, 2.24) is 0 Å². The van der Waals surface area contributed by atoms with Crippen LogP contribution in [-0.2, 0) is 10.0 Å². The van der Waals surface area contributed by atoms with Crippen LogP contribution in [0.3, 0.4) is 0 Å². The Morgan fingerprint density at radius 2 is 2.18 bits per heavy atom. The van der Waals surface area contributed by atoms with E-state index in [9.17, 15) is 8.42 Å². The third-order valence-electron chi connectivity index (χ3n) is 2.42. The Kier molecular flexibility index (Phi) is 3.97. The summed E-state index contributed by atoms with van der Waals surface area (Å²) in [5, 5.41) is 7.71. The highest BCUT2D eigenvalue weighted by atomic mass is 32.2. The minimum absolute atomic E-state index is 0.250. The highest BCUT2D eigenvalue weighted by Gasteiger charge is 2.23. The first-order valence-corrected chi connectivity index (χ1v) is 6.72. The van der Waals surface area contributed by atoms with E-state index in [1.807, 2.05) is 0 Å². The molecule has 0 fully saturated rings. The first kappa shape index (κ1) is 13.3. The molecular weight excluding hydrogens is 238 g/mol. The lowest BCUT2D eigenvalue weighted by molar-refractivity contribution is 0.593. The minimum Gasteiger partial charge on any atom is -0.399 e. The highest BCUT2D eigenvalue weighted by molar-refractivity contribution is 7.93. The van der Waals surface area contributed by atoms with Crippen molar-refractivity contribution < 1.29 is 8.42 Å². The van der Waals surface area contributed by atoms with Gasteiger partial charge in [-0.25, -0.2) is 8.42 Å². The molecular formula is C11H15N3O2S. The van der Waals surface area contributed by atoms with E-state index in [1.165, 1.54) is 0 Å². The average Bonchev–Trinajstić information content (AvgIpc) is 2.24. The van der Waals surface area contributed by atoms with Gasteiger partial charge in [0.25, 0.3) is 0 Å². The van der Waals surface area contributed by atoms with E-state index < -0.39 is 15.3 Å². The Bertz CT molecular complexity index is 546. The summed E-state index contributed by atoms with van der Waals surface area (Å²) in [5.74, 6) is 0. The number of aryl methyl sites for hydroxylation is 1. The average molecular weight is 253 g/mol. The van der Waals surface area contributed by atoms with Crippen LogP contribution in [0.5, 0.6) is 0 Å². The van der Waals surface area contributed by atoms with E-state index in [0.29, 0.717) is 11.4 Å². The van der Waals surface area contributed by atoms with Gasteiger partial charge in [-0.15, -0.1) is 0 Å². The molecule has 0 aliphatic carbocycles. The molecule has 92 valence electrons. The fourth-order valence-electron chi connectivity index (χ4n) is 1.35. The number of hydrogen-bond donors (Lipinski definition) is 2. The number of nitriles is 1. The molecule has 0 amide bonds. The molecule has 6 heteroatoms. The van der Waals surface area contributed by atoms with E-state index in [-0.39, 0.29) is 6.42 Å². The first-order valence-electron chi connectivity index (χ1n) is 5.18. The molecule has 17 heavy (non-hydrogen) atoms. The first-order chi connectivity index (χ1) is 7.90. The van der Waals surface area contributed by atoms with Gasteiger partial charge in [-0.3, -0.25) is 4.72 Å². The lowest BCUT2D eigenvalue weighted by Crippen LogP contribution is -2.25. The zero-order valence-corrected chi connectivity index (χ0v) is 10.6. The van der Waals surface area contributed by atoms with Gasteiger partial charge in [0, 0.05) is 11.4 Å². The van der Waals surface area contributed by atoms with Crippen LogP contribution in [0, 0.1) is 18.3 Å². The Labute approximate surface area is 101 Å². The van der Waals surface area contributed by atoms with Gasteiger partial charge in [-0.1, -0.05) is 6.92 Å². The van der Waals surface area contributed by atoms with Gasteiger partial charge in [0.2, 0.25) is 10.0 Å². The van der Waals surface area contributed by atoms with Gasteiger partial charge < -0.3 is 5.73 Å². The van der Waals surface area contributed by atoms with Crippen LogP contribution in [0.4, 0.5) is 11.4 Å². The fraction of sp³-hybridized carbons (Fsp3) is 0.364. The van der Waals surface area contributed by atoms with Crippen molar-refractivity contribution in [3.05, 3.63) is 23.8 Å². The van der Waals surface area contributed by atoms with Crippen molar-refractivity contribution in [2.45, 2.75) is 25.5 Å². The van der Waals surface area contributed by atoms with E-state index in [0.717, 1.165) is 5.56 Å². The number of nitrogens with zero attached hydrogens (tertiary/aromatic N) is 1. The van der Waals surface area contributed by atoms with Crippen LogP contribution in [0.15, 0.2) is 18.2 Å². The third-order valence-corrected chi connectivity index (χ3v) is 4.13. The normalized spacial score (nSPS) is 12.8. The molecule has 1 unspecified atom stereocenters. The molecule has 1 aromatic carbocycles. The van der Waals surface area contributed by atoms with Crippen molar-refractivity contribution in [1.29, 1.82) is 5.26 Å². The number of sulfonamides is 1. The second kappa shape index (κ2) is 5.06. The highest BCUT2D eigenvalue weighted by Crippen LogP contribution is 2.19. The molecule has 0 bridgehead atoms. The molecule has 0 aliphatic rings. The third kappa shape index (κ3) is 3.11. The molecule has 0 spiro atoms. The molecule has 0 radical (unpaired) electrons. The van der Waals surface area contributed by atoms with Crippen LogP contribution < -0.4 is 10.5 Å². The van der Waals surface area contributed by atoms with E-state index >= 15 is 0 Å². The molecule has 0 saturated heterocycles. The molecule has 1 aromatic rings. The van der Waals surface area contributed by atoms with Crippen LogP contribution in [0.2, 0.25) is 0 Å². The quantitative estimate of drug-likeness (QED) is 0.797. The maximum atomic E-state index is 11.8. The zero-order chi connectivity index (χ0) is 13.1. The zero-order valence-electron chi connectivity index (χ0n) is 9.77. The van der Waals surface area contributed by atoms with E-state index in [4.69, 9.17) is 11.0 Å². The maximum Gasteiger partial charge on any atom is 0.249 e. The Morgan fingerprint density at radius 3 is 2.65 bits per heavy atom. The van der Waals surface area contributed by atoms with Gasteiger partial charge in [0.15, 0.2) is 5.25 Å². The summed E-state index contributed by atoms with van der Waals surface area (Å²) in [6.45, 7) is 3.44. The van der Waals surface area contributed by atoms with Crippen molar-refractivity contribution >= 4 is 21.4 Å². The molecule has 1 atom stereocenters. The van der Waals surface area contributed by atoms with Crippen molar-refractivity contribution in [2.24, 2.45) is 0 Å². The lowest BCUT2D eigenvalue weighted by Gasteiger charge is -2.12. The summed E-state index contributed by atoms with van der Waals surface area (Å²) in [6, 6.07) is 6.60. The predicted molar refractivity (Wildman–Crippen MR) is 67.8 cm³/mol. The summed E-state index contributed by atoms with van der Waals surface area (Å²) < 4.78 is 26.0. The molecule has 3 N–H and O–H groups in total. The number of hydrogen-bond acceptors (Lipinski definition) is 4. The summed E-state index contributed by atoms with van der Waals surface area (Å²) in [7, 11) is -3.66. The molecule has 5 nitrogen and oxygen atoms in total. The monoisotopic (exact) mass is 253 g/mol. The number of nitrogens with one attached hydrogen (secondary N) is 1. The number of benzene rings is 1. The standard InChI is InChI=1S/C11H15N3O2S/c1-3-10(7-12)17(15,16)14-9-4-5-11(13)8(2)6-9/h4-6,10,14H,3,13H2,1-2H3. The topological polar surface area (TPSA) is 96.0 Å².